The van der Waals surface area contributed by atoms with Crippen molar-refractivity contribution in [3.05, 3.63) is 0 Å². The van der Waals surface area contributed by atoms with Crippen LogP contribution >= 0.6 is 11.8 Å². The quantitative estimate of drug-likeness (QED) is 0.763. The third kappa shape index (κ3) is 2.03. The van der Waals surface area contributed by atoms with E-state index in [4.69, 9.17) is 11.8 Å². The lowest BCUT2D eigenvalue weighted by molar-refractivity contribution is -0.178. The zero-order valence-electron chi connectivity index (χ0n) is 13.7. The van der Waals surface area contributed by atoms with Crippen LogP contribution in [0.1, 0.15) is 51.4 Å². The lowest BCUT2D eigenvalue weighted by Gasteiger charge is -2.62. The Balaban J connectivity index is 1.46. The van der Waals surface area contributed by atoms with Crippen LogP contribution in [0.25, 0.3) is 0 Å². The van der Waals surface area contributed by atoms with E-state index in [1.807, 2.05) is 4.90 Å². The fourth-order valence-corrected chi connectivity index (χ4v) is 7.41. The van der Waals surface area contributed by atoms with E-state index in [2.05, 4.69) is 10.9 Å². The first-order valence-electron chi connectivity index (χ1n) is 9.27. The number of hydrogen-bond donors (Lipinski definition) is 2. The molecule has 1 amide bonds. The molecular weight excluding hydrogens is 326 g/mol. The van der Waals surface area contributed by atoms with E-state index in [-0.39, 0.29) is 23.4 Å². The number of likely N-dealkylation sites (tertiary alicyclic amines) is 1. The highest BCUT2D eigenvalue weighted by molar-refractivity contribution is 6.15. The SMILES string of the molecule is N#CC1C[C@@H]2C[C@@H]2N1C(=O)C(NCl)C12CC3CC(CC(O)(C3)C1)C2. The molecule has 1 heterocycles. The summed E-state index contributed by atoms with van der Waals surface area (Å²) in [5.41, 5.74) is -0.858. The Hall–Kier alpha value is -0.830. The van der Waals surface area contributed by atoms with Gasteiger partial charge in [-0.1, -0.05) is 0 Å². The first kappa shape index (κ1) is 15.4. The molecule has 0 aromatic carbocycles. The van der Waals surface area contributed by atoms with Gasteiger partial charge in [0.1, 0.15) is 12.1 Å². The molecule has 5 nitrogen and oxygen atoms in total. The van der Waals surface area contributed by atoms with E-state index in [9.17, 15) is 15.2 Å². The number of piperidine rings is 1. The van der Waals surface area contributed by atoms with Crippen molar-refractivity contribution in [3.8, 4) is 6.07 Å². The molecule has 130 valence electrons. The molecule has 6 atom stereocenters. The highest BCUT2D eigenvalue weighted by Gasteiger charge is 2.63. The summed E-state index contributed by atoms with van der Waals surface area (Å²) in [7, 11) is 0. The zero-order valence-corrected chi connectivity index (χ0v) is 14.5. The molecule has 4 bridgehead atoms. The van der Waals surface area contributed by atoms with E-state index in [0.717, 1.165) is 38.5 Å². The second-order valence-corrected chi connectivity index (χ2v) is 9.50. The van der Waals surface area contributed by atoms with Crippen LogP contribution in [-0.4, -0.2) is 39.6 Å². The van der Waals surface area contributed by atoms with Crippen LogP contribution in [0.5, 0.6) is 0 Å². The number of carbonyl (C=O) groups excluding carboxylic acids is 1. The molecule has 6 aliphatic rings. The van der Waals surface area contributed by atoms with Crippen molar-refractivity contribution in [2.45, 2.75) is 75.1 Å². The van der Waals surface area contributed by atoms with E-state index in [1.165, 1.54) is 6.42 Å². The van der Waals surface area contributed by atoms with E-state index >= 15 is 0 Å². The summed E-state index contributed by atoms with van der Waals surface area (Å²) in [6.07, 6.45) is 7.39. The Kier molecular flexibility index (Phi) is 3.13. The molecule has 4 unspecified atom stereocenters. The van der Waals surface area contributed by atoms with E-state index in [0.29, 0.717) is 24.2 Å². The average molecular weight is 350 g/mol. The summed E-state index contributed by atoms with van der Waals surface area (Å²) in [4.78, 5) is 18.0. The number of rotatable bonds is 3. The summed E-state index contributed by atoms with van der Waals surface area (Å²) in [5.74, 6) is 1.52. The smallest absolute Gasteiger partial charge is 0.242 e. The van der Waals surface area contributed by atoms with E-state index < -0.39 is 11.6 Å². The van der Waals surface area contributed by atoms with Crippen LogP contribution in [0.2, 0.25) is 0 Å². The molecule has 6 rings (SSSR count). The van der Waals surface area contributed by atoms with Crippen LogP contribution in [-0.2, 0) is 4.79 Å². The monoisotopic (exact) mass is 349 g/mol. The molecule has 24 heavy (non-hydrogen) atoms. The second-order valence-electron chi connectivity index (χ2n) is 9.28. The number of aliphatic hydroxyl groups is 1. The molecule has 0 aromatic rings. The molecule has 0 spiro atoms. The maximum absolute atomic E-state index is 13.3. The maximum Gasteiger partial charge on any atom is 0.242 e. The highest BCUT2D eigenvalue weighted by atomic mass is 35.5. The summed E-state index contributed by atoms with van der Waals surface area (Å²) in [6, 6.07) is 1.76. The predicted molar refractivity (Wildman–Crippen MR) is 87.6 cm³/mol. The molecular formula is C18H24ClN3O2. The lowest BCUT2D eigenvalue weighted by Crippen LogP contribution is -2.64. The van der Waals surface area contributed by atoms with Gasteiger partial charge < -0.3 is 10.0 Å². The van der Waals surface area contributed by atoms with Crippen LogP contribution in [0, 0.1) is 34.5 Å². The summed E-state index contributed by atoms with van der Waals surface area (Å²) in [5, 5.41) is 20.4. The van der Waals surface area contributed by atoms with Crippen molar-refractivity contribution < 1.29 is 9.90 Å². The predicted octanol–water partition coefficient (Wildman–Crippen LogP) is 1.94. The first-order chi connectivity index (χ1) is 11.5. The van der Waals surface area contributed by atoms with Gasteiger partial charge >= 0.3 is 0 Å². The van der Waals surface area contributed by atoms with Crippen molar-refractivity contribution in [2.24, 2.45) is 23.2 Å². The number of nitrogens with one attached hydrogen (secondary N) is 1. The van der Waals surface area contributed by atoms with Crippen molar-refractivity contribution in [2.75, 3.05) is 0 Å². The maximum atomic E-state index is 13.3. The van der Waals surface area contributed by atoms with Crippen molar-refractivity contribution in [3.63, 3.8) is 0 Å². The summed E-state index contributed by atoms with van der Waals surface area (Å²) in [6.45, 7) is 0. The molecule has 0 radical (unpaired) electrons. The van der Waals surface area contributed by atoms with Gasteiger partial charge in [0.25, 0.3) is 0 Å². The fourth-order valence-electron chi connectivity index (χ4n) is 7.08. The largest absolute Gasteiger partial charge is 0.390 e. The Morgan fingerprint density at radius 3 is 2.54 bits per heavy atom. The van der Waals surface area contributed by atoms with Gasteiger partial charge in [-0.05, 0) is 86.3 Å². The number of hydrogen-bond acceptors (Lipinski definition) is 4. The number of nitrogens with zero attached hydrogens (tertiary/aromatic N) is 2. The molecule has 2 N–H and O–H groups in total. The third-order valence-corrected chi connectivity index (χ3v) is 7.77. The number of carbonyl (C=O) groups is 1. The van der Waals surface area contributed by atoms with Crippen LogP contribution < -0.4 is 4.84 Å². The Bertz CT molecular complexity index is 618. The lowest BCUT2D eigenvalue weighted by atomic mass is 9.46. The van der Waals surface area contributed by atoms with Gasteiger partial charge in [0.2, 0.25) is 5.91 Å². The fraction of sp³-hybridized carbons (Fsp3) is 0.889. The summed E-state index contributed by atoms with van der Waals surface area (Å²) >= 11 is 6.11. The van der Waals surface area contributed by atoms with Gasteiger partial charge in [-0.2, -0.15) is 5.26 Å². The number of fused-ring (bicyclic) bond motifs is 1. The third-order valence-electron chi connectivity index (χ3n) is 7.55. The van der Waals surface area contributed by atoms with Crippen molar-refractivity contribution >= 4 is 17.7 Å². The molecule has 6 heteroatoms. The molecule has 5 aliphatic carbocycles. The minimum Gasteiger partial charge on any atom is -0.390 e. The van der Waals surface area contributed by atoms with Gasteiger partial charge in [-0.3, -0.25) is 4.79 Å². The molecule has 1 aliphatic heterocycles. The standard InChI is InChI=1S/C18H24ClN3O2/c19-21-15(16(23)22-13(8-20)2-12-3-14(12)22)17-4-10-1-11(5-17)7-18(24,6-10)9-17/h10-15,21,24H,1-7,9H2/t10?,11?,12-,13?,14+,15?,17?,18?/m1/s1. The Morgan fingerprint density at radius 1 is 1.25 bits per heavy atom. The average Bonchev–Trinajstić information content (AvgIpc) is 3.15. The van der Waals surface area contributed by atoms with Crippen molar-refractivity contribution in [1.82, 2.24) is 9.74 Å². The minimum atomic E-state index is -0.613. The summed E-state index contributed by atoms with van der Waals surface area (Å²) < 4.78 is 0. The molecule has 6 fully saturated rings. The first-order valence-corrected chi connectivity index (χ1v) is 9.65. The molecule has 0 aromatic heterocycles. The second kappa shape index (κ2) is 4.87. The Morgan fingerprint density at radius 2 is 1.96 bits per heavy atom. The highest BCUT2D eigenvalue weighted by Crippen LogP contribution is 2.63. The van der Waals surface area contributed by atoms with Crippen LogP contribution in [0.3, 0.4) is 0 Å². The molecule has 1 saturated heterocycles. The van der Waals surface area contributed by atoms with Gasteiger partial charge in [0.05, 0.1) is 11.7 Å². The number of amides is 1. The number of nitriles is 1. The zero-order chi connectivity index (χ0) is 16.7. The molecule has 5 saturated carbocycles. The van der Waals surface area contributed by atoms with Gasteiger partial charge in [0, 0.05) is 6.04 Å². The van der Waals surface area contributed by atoms with Crippen LogP contribution in [0.15, 0.2) is 0 Å². The van der Waals surface area contributed by atoms with Crippen LogP contribution in [0.4, 0.5) is 0 Å². The van der Waals surface area contributed by atoms with Gasteiger partial charge in [-0.25, -0.2) is 4.84 Å². The van der Waals surface area contributed by atoms with Gasteiger partial charge in [-0.15, -0.1) is 0 Å². The minimum absolute atomic E-state index is 0.00731. The van der Waals surface area contributed by atoms with Crippen molar-refractivity contribution in [1.29, 1.82) is 5.26 Å². The van der Waals surface area contributed by atoms with E-state index in [1.54, 1.807) is 0 Å². The van der Waals surface area contributed by atoms with Gasteiger partial charge in [0.15, 0.2) is 0 Å². The Labute approximate surface area is 147 Å². The normalized spacial score (nSPS) is 52.0. The number of halogens is 1. The topological polar surface area (TPSA) is 76.4 Å².